The van der Waals surface area contributed by atoms with E-state index in [1.165, 1.54) is 5.56 Å². The molecule has 2 aromatic rings. The lowest BCUT2D eigenvalue weighted by Crippen LogP contribution is -2.43. The Balaban J connectivity index is 1.36. The minimum atomic E-state index is -0.309. The smallest absolute Gasteiger partial charge is 0.223 e. The number of carbonyl (C=O) groups is 1. The Hall–Kier alpha value is -1.95. The molecule has 1 amide bonds. The second kappa shape index (κ2) is 6.28. The number of carbonyl (C=O) groups excluding carboxylic acids is 1. The average molecular weight is 383 g/mol. The van der Waals surface area contributed by atoms with Crippen LogP contribution in [0.15, 0.2) is 6.20 Å². The van der Waals surface area contributed by atoms with Crippen molar-refractivity contribution in [2.75, 3.05) is 6.54 Å². The number of aryl methyl sites for hydroxylation is 2. The zero-order valence-corrected chi connectivity index (χ0v) is 17.2. The molecule has 3 fully saturated rings. The van der Waals surface area contributed by atoms with Gasteiger partial charge in [-0.25, -0.2) is 9.67 Å². The first-order valence-corrected chi connectivity index (χ1v) is 10.7. The van der Waals surface area contributed by atoms with Gasteiger partial charge in [0.15, 0.2) is 5.65 Å². The van der Waals surface area contributed by atoms with Crippen LogP contribution in [-0.2, 0) is 11.2 Å². The third kappa shape index (κ3) is 2.46. The van der Waals surface area contributed by atoms with Gasteiger partial charge in [-0.2, -0.15) is 5.10 Å². The molecule has 3 heterocycles. The number of hydrogen-bond acceptors (Lipinski definition) is 4. The standard InChI is InChI=1S/C22H30N4O2/c1-11(2)26-22-18(9-23-26)12(3)16(13(4)24-22)5-6-19(27)25-10-15-7-14-8-17(15)20(25)21(14)28/h9,11,14-15,17,20-21,28H,5-8,10H2,1-4H3/t14-,15-,17+,20+,21+/m0/s1. The molecule has 0 spiro atoms. The van der Waals surface area contributed by atoms with Gasteiger partial charge in [-0.1, -0.05) is 0 Å². The minimum absolute atomic E-state index is 0.0725. The van der Waals surface area contributed by atoms with E-state index in [4.69, 9.17) is 4.98 Å². The zero-order chi connectivity index (χ0) is 19.7. The van der Waals surface area contributed by atoms with Crippen LogP contribution < -0.4 is 0 Å². The summed E-state index contributed by atoms with van der Waals surface area (Å²) >= 11 is 0. The van der Waals surface area contributed by atoms with Crippen molar-refractivity contribution in [3.63, 3.8) is 0 Å². The first-order chi connectivity index (χ1) is 13.4. The van der Waals surface area contributed by atoms with Crippen LogP contribution in [-0.4, -0.2) is 49.4 Å². The van der Waals surface area contributed by atoms with E-state index in [2.05, 4.69) is 25.9 Å². The molecule has 0 radical (unpaired) electrons. The van der Waals surface area contributed by atoms with Gasteiger partial charge >= 0.3 is 0 Å². The van der Waals surface area contributed by atoms with Gasteiger partial charge in [0, 0.05) is 30.1 Å². The fourth-order valence-corrected chi connectivity index (χ4v) is 6.21. The zero-order valence-electron chi connectivity index (χ0n) is 17.2. The third-order valence-electron chi connectivity index (χ3n) is 7.58. The van der Waals surface area contributed by atoms with Crippen molar-refractivity contribution in [3.8, 4) is 0 Å². The van der Waals surface area contributed by atoms with E-state index in [0.717, 1.165) is 41.7 Å². The van der Waals surface area contributed by atoms with Gasteiger partial charge in [-0.3, -0.25) is 4.79 Å². The summed E-state index contributed by atoms with van der Waals surface area (Å²) in [5.41, 5.74) is 4.26. The summed E-state index contributed by atoms with van der Waals surface area (Å²) in [5, 5.41) is 16.1. The number of pyridine rings is 1. The monoisotopic (exact) mass is 382 g/mol. The van der Waals surface area contributed by atoms with Crippen LogP contribution in [0, 0.1) is 31.6 Å². The van der Waals surface area contributed by atoms with Crippen LogP contribution in [0.1, 0.15) is 56.0 Å². The Morgan fingerprint density at radius 1 is 1.29 bits per heavy atom. The molecule has 1 N–H and O–H groups in total. The maximum Gasteiger partial charge on any atom is 0.223 e. The maximum atomic E-state index is 13.0. The predicted molar refractivity (Wildman–Crippen MR) is 107 cm³/mol. The molecular formula is C22H30N4O2. The van der Waals surface area contributed by atoms with Crippen LogP contribution in [0.5, 0.6) is 0 Å². The molecule has 3 aliphatic rings. The average Bonchev–Trinajstić information content (AvgIpc) is 3.35. The van der Waals surface area contributed by atoms with E-state index < -0.39 is 0 Å². The van der Waals surface area contributed by atoms with Crippen LogP contribution in [0.3, 0.4) is 0 Å². The van der Waals surface area contributed by atoms with Gasteiger partial charge in [-0.05, 0) is 75.8 Å². The molecule has 6 nitrogen and oxygen atoms in total. The largest absolute Gasteiger partial charge is 0.391 e. The summed E-state index contributed by atoms with van der Waals surface area (Å²) in [4.78, 5) is 19.8. The molecule has 0 unspecified atom stereocenters. The lowest BCUT2D eigenvalue weighted by Gasteiger charge is -2.29. The van der Waals surface area contributed by atoms with Crippen molar-refractivity contribution in [2.24, 2.45) is 17.8 Å². The third-order valence-corrected chi connectivity index (χ3v) is 7.58. The number of aliphatic hydroxyl groups is 1. The van der Waals surface area contributed by atoms with Gasteiger partial charge in [-0.15, -0.1) is 0 Å². The number of hydrogen-bond donors (Lipinski definition) is 1. The topological polar surface area (TPSA) is 71.2 Å². The molecule has 6 heteroatoms. The normalized spacial score (nSPS) is 30.9. The van der Waals surface area contributed by atoms with Crippen LogP contribution >= 0.6 is 0 Å². The number of aliphatic hydroxyl groups excluding tert-OH is 1. The minimum Gasteiger partial charge on any atom is -0.391 e. The number of aromatic nitrogens is 3. The van der Waals surface area contributed by atoms with Crippen LogP contribution in [0.4, 0.5) is 0 Å². The van der Waals surface area contributed by atoms with Crippen molar-refractivity contribution >= 4 is 16.9 Å². The van der Waals surface area contributed by atoms with Crippen molar-refractivity contribution in [1.29, 1.82) is 0 Å². The number of nitrogens with zero attached hydrogens (tertiary/aromatic N) is 4. The van der Waals surface area contributed by atoms with Crippen molar-refractivity contribution in [1.82, 2.24) is 19.7 Å². The summed E-state index contributed by atoms with van der Waals surface area (Å²) in [5.74, 6) is 1.76. The first kappa shape index (κ1) is 18.1. The van der Waals surface area contributed by atoms with Crippen molar-refractivity contribution in [2.45, 2.75) is 71.6 Å². The second-order valence-electron chi connectivity index (χ2n) is 9.40. The second-order valence-corrected chi connectivity index (χ2v) is 9.40. The highest BCUT2D eigenvalue weighted by molar-refractivity contribution is 5.81. The van der Waals surface area contributed by atoms with Crippen LogP contribution in [0.2, 0.25) is 0 Å². The SMILES string of the molecule is Cc1nc2c(cnn2C(C)C)c(C)c1CCC(=O)N1C[C@@H]2C[C@H]3C[C@H]2[C@@H]1[C@@H]3O. The van der Waals surface area contributed by atoms with E-state index in [-0.39, 0.29) is 24.1 Å². The molecule has 1 saturated heterocycles. The van der Waals surface area contributed by atoms with E-state index >= 15 is 0 Å². The van der Waals surface area contributed by atoms with E-state index in [9.17, 15) is 9.90 Å². The van der Waals surface area contributed by atoms with Gasteiger partial charge in [0.2, 0.25) is 5.91 Å². The van der Waals surface area contributed by atoms with Gasteiger partial charge in [0.05, 0.1) is 18.3 Å². The summed E-state index contributed by atoms with van der Waals surface area (Å²) in [6.45, 7) is 9.21. The summed E-state index contributed by atoms with van der Waals surface area (Å²) in [7, 11) is 0. The molecule has 5 atom stereocenters. The molecule has 2 aromatic heterocycles. The molecule has 150 valence electrons. The summed E-state index contributed by atoms with van der Waals surface area (Å²) in [6.07, 6.45) is 4.99. The number of amides is 1. The quantitative estimate of drug-likeness (QED) is 0.883. The molecule has 2 aliphatic carbocycles. The number of fused-ring (bicyclic) bond motifs is 2. The van der Waals surface area contributed by atoms with E-state index in [1.54, 1.807) is 0 Å². The highest BCUT2D eigenvalue weighted by Crippen LogP contribution is 2.55. The summed E-state index contributed by atoms with van der Waals surface area (Å²) < 4.78 is 1.96. The lowest BCUT2D eigenvalue weighted by molar-refractivity contribution is -0.134. The Morgan fingerprint density at radius 2 is 2.07 bits per heavy atom. The Labute approximate surface area is 165 Å². The predicted octanol–water partition coefficient (Wildman–Crippen LogP) is 2.79. The van der Waals surface area contributed by atoms with Crippen LogP contribution in [0.25, 0.3) is 11.0 Å². The molecular weight excluding hydrogens is 352 g/mol. The number of rotatable bonds is 4. The summed E-state index contributed by atoms with van der Waals surface area (Å²) in [6, 6.07) is 0.340. The lowest BCUT2D eigenvalue weighted by atomic mass is 9.88. The van der Waals surface area contributed by atoms with E-state index in [0.29, 0.717) is 30.6 Å². The highest BCUT2D eigenvalue weighted by atomic mass is 16.3. The van der Waals surface area contributed by atoms with Gasteiger partial charge < -0.3 is 10.0 Å². The van der Waals surface area contributed by atoms with Gasteiger partial charge in [0.1, 0.15) is 0 Å². The van der Waals surface area contributed by atoms with Gasteiger partial charge in [0.25, 0.3) is 0 Å². The molecule has 2 saturated carbocycles. The molecule has 5 rings (SSSR count). The van der Waals surface area contributed by atoms with Crippen molar-refractivity contribution in [3.05, 3.63) is 23.0 Å². The maximum absolute atomic E-state index is 13.0. The highest BCUT2D eigenvalue weighted by Gasteiger charge is 2.59. The van der Waals surface area contributed by atoms with Crippen molar-refractivity contribution < 1.29 is 9.90 Å². The fraction of sp³-hybridized carbons (Fsp3) is 0.682. The molecule has 0 aromatic carbocycles. The Morgan fingerprint density at radius 3 is 2.79 bits per heavy atom. The number of likely N-dealkylation sites (tertiary alicyclic amines) is 1. The van der Waals surface area contributed by atoms with E-state index in [1.807, 2.05) is 22.7 Å². The first-order valence-electron chi connectivity index (χ1n) is 10.7. The molecule has 28 heavy (non-hydrogen) atoms. The molecule has 2 bridgehead atoms. The Kier molecular flexibility index (Phi) is 4.06. The molecule has 1 aliphatic heterocycles. The fourth-order valence-electron chi connectivity index (χ4n) is 6.21. The Bertz CT molecular complexity index is 948.